The van der Waals surface area contributed by atoms with Gasteiger partial charge < -0.3 is 10.5 Å². The van der Waals surface area contributed by atoms with Crippen LogP contribution in [0.4, 0.5) is 5.69 Å². The molecule has 1 unspecified atom stereocenters. The van der Waals surface area contributed by atoms with Crippen molar-refractivity contribution >= 4 is 29.2 Å². The smallest absolute Gasteiger partial charge is 0.134 e. The molecule has 104 valence electrons. The van der Waals surface area contributed by atoms with Gasteiger partial charge in [0.1, 0.15) is 5.75 Å². The van der Waals surface area contributed by atoms with Gasteiger partial charge in [-0.25, -0.2) is 0 Å². The van der Waals surface area contributed by atoms with E-state index in [1.165, 1.54) is 15.4 Å². The summed E-state index contributed by atoms with van der Waals surface area (Å²) in [6.07, 6.45) is 1.16. The van der Waals surface area contributed by atoms with Crippen molar-refractivity contribution in [2.45, 2.75) is 21.5 Å². The second-order valence-corrected chi connectivity index (χ2v) is 7.18. The maximum absolute atomic E-state index is 5.79. The van der Waals surface area contributed by atoms with Crippen molar-refractivity contribution in [1.82, 2.24) is 0 Å². The van der Waals surface area contributed by atoms with Gasteiger partial charge in [-0.15, -0.1) is 23.5 Å². The van der Waals surface area contributed by atoms with E-state index in [9.17, 15) is 0 Å². The maximum atomic E-state index is 5.79. The Balaban J connectivity index is 1.64. The van der Waals surface area contributed by atoms with Crippen LogP contribution in [0.25, 0.3) is 0 Å². The van der Waals surface area contributed by atoms with E-state index in [1.807, 2.05) is 41.7 Å². The third-order valence-electron chi connectivity index (χ3n) is 3.33. The summed E-state index contributed by atoms with van der Waals surface area (Å²) in [5.74, 6) is 1.95. The van der Waals surface area contributed by atoms with Crippen molar-refractivity contribution in [3.05, 3.63) is 48.0 Å². The van der Waals surface area contributed by atoms with E-state index in [4.69, 9.17) is 10.5 Å². The topological polar surface area (TPSA) is 35.2 Å². The van der Waals surface area contributed by atoms with Crippen LogP contribution in [0.5, 0.6) is 5.75 Å². The highest BCUT2D eigenvalue weighted by Crippen LogP contribution is 2.40. The number of hydrogen-bond acceptors (Lipinski definition) is 4. The van der Waals surface area contributed by atoms with Gasteiger partial charge in [-0.1, -0.05) is 18.2 Å². The predicted octanol–water partition coefficient (Wildman–Crippen LogP) is 4.09. The largest absolute Gasteiger partial charge is 0.496 e. The Morgan fingerprint density at radius 1 is 1.30 bits per heavy atom. The zero-order chi connectivity index (χ0) is 13.9. The highest BCUT2D eigenvalue weighted by Gasteiger charge is 2.22. The van der Waals surface area contributed by atoms with Crippen molar-refractivity contribution in [2.24, 2.45) is 0 Å². The highest BCUT2D eigenvalue weighted by atomic mass is 32.2. The molecule has 0 aromatic heterocycles. The summed E-state index contributed by atoms with van der Waals surface area (Å²) in [5, 5.41) is 0.639. The lowest BCUT2D eigenvalue weighted by Gasteiger charge is -2.11. The van der Waals surface area contributed by atoms with Crippen molar-refractivity contribution in [3.8, 4) is 5.75 Å². The average molecular weight is 303 g/mol. The van der Waals surface area contributed by atoms with Gasteiger partial charge in [-0.3, -0.25) is 0 Å². The van der Waals surface area contributed by atoms with Gasteiger partial charge in [0.05, 0.1) is 7.11 Å². The molecule has 1 atom stereocenters. The van der Waals surface area contributed by atoms with Gasteiger partial charge in [-0.05, 0) is 30.2 Å². The minimum atomic E-state index is 0.639. The molecule has 20 heavy (non-hydrogen) atoms. The zero-order valence-electron chi connectivity index (χ0n) is 11.3. The minimum absolute atomic E-state index is 0.639. The number of ether oxygens (including phenoxy) is 1. The summed E-state index contributed by atoms with van der Waals surface area (Å²) >= 11 is 3.83. The first-order chi connectivity index (χ1) is 9.76. The minimum Gasteiger partial charge on any atom is -0.496 e. The molecule has 0 radical (unpaired) electrons. The number of thioether (sulfide) groups is 2. The Morgan fingerprint density at radius 3 is 2.95 bits per heavy atom. The van der Waals surface area contributed by atoms with Crippen LogP contribution in [0.1, 0.15) is 5.56 Å². The first kappa shape index (κ1) is 13.7. The molecule has 0 spiro atoms. The fourth-order valence-electron chi connectivity index (χ4n) is 2.33. The summed E-state index contributed by atoms with van der Waals surface area (Å²) in [6.45, 7) is 0. The summed E-state index contributed by atoms with van der Waals surface area (Å²) in [7, 11) is 1.69. The first-order valence-corrected chi connectivity index (χ1v) is 8.43. The van der Waals surface area contributed by atoms with E-state index < -0.39 is 0 Å². The molecule has 0 aliphatic carbocycles. The molecule has 0 saturated heterocycles. The second kappa shape index (κ2) is 6.02. The summed E-state index contributed by atoms with van der Waals surface area (Å²) < 4.78 is 5.40. The molecule has 2 aromatic carbocycles. The Labute approximate surface area is 128 Å². The molecule has 0 bridgehead atoms. The number of benzene rings is 2. The fraction of sp³-hybridized carbons (Fsp3) is 0.250. The van der Waals surface area contributed by atoms with Crippen LogP contribution in [0.15, 0.2) is 52.3 Å². The number of fused-ring (bicyclic) bond motifs is 1. The molecule has 3 rings (SSSR count). The molecule has 0 fully saturated rings. The van der Waals surface area contributed by atoms with Gasteiger partial charge in [-0.2, -0.15) is 0 Å². The summed E-state index contributed by atoms with van der Waals surface area (Å²) in [4.78, 5) is 2.60. The molecule has 0 saturated carbocycles. The van der Waals surface area contributed by atoms with Crippen molar-refractivity contribution in [1.29, 1.82) is 0 Å². The molecule has 1 aliphatic rings. The Bertz CT molecular complexity index is 590. The molecule has 4 heteroatoms. The molecule has 1 heterocycles. The molecule has 2 nitrogen and oxygen atoms in total. The molecular formula is C16H17NOS2. The fourth-order valence-corrected chi connectivity index (χ4v) is 4.82. The van der Waals surface area contributed by atoms with Crippen LogP contribution in [-0.2, 0) is 6.42 Å². The lowest BCUT2D eigenvalue weighted by Crippen LogP contribution is -2.04. The van der Waals surface area contributed by atoms with E-state index in [1.54, 1.807) is 7.11 Å². The number of nitrogen functional groups attached to an aromatic ring is 1. The lowest BCUT2D eigenvalue weighted by molar-refractivity contribution is 0.405. The number of anilines is 1. The van der Waals surface area contributed by atoms with E-state index in [-0.39, 0.29) is 0 Å². The Hall–Kier alpha value is -1.26. The third-order valence-corrected chi connectivity index (χ3v) is 6.07. The van der Waals surface area contributed by atoms with Crippen LogP contribution in [0.2, 0.25) is 0 Å². The van der Waals surface area contributed by atoms with E-state index in [0.29, 0.717) is 5.25 Å². The average Bonchev–Trinajstić information content (AvgIpc) is 2.88. The Morgan fingerprint density at radius 2 is 2.15 bits per heavy atom. The van der Waals surface area contributed by atoms with Crippen molar-refractivity contribution < 1.29 is 4.74 Å². The molecule has 2 N–H and O–H groups in total. The standard InChI is InChI=1S/C16H17NOS2/c1-18-14-9-12(17)6-7-16(14)19-10-13-8-11-4-2-3-5-15(11)20-13/h2-7,9,13H,8,10,17H2,1H3. The number of nitrogens with two attached hydrogens (primary N) is 1. The number of methoxy groups -OCH3 is 1. The van der Waals surface area contributed by atoms with E-state index in [0.717, 1.165) is 23.6 Å². The van der Waals surface area contributed by atoms with Gasteiger partial charge in [0.15, 0.2) is 0 Å². The van der Waals surface area contributed by atoms with Gasteiger partial charge in [0.25, 0.3) is 0 Å². The van der Waals surface area contributed by atoms with Gasteiger partial charge in [0.2, 0.25) is 0 Å². The van der Waals surface area contributed by atoms with Crippen LogP contribution in [0.3, 0.4) is 0 Å². The SMILES string of the molecule is COc1cc(N)ccc1SCC1Cc2ccccc2S1. The van der Waals surface area contributed by atoms with E-state index >= 15 is 0 Å². The highest BCUT2D eigenvalue weighted by molar-refractivity contribution is 8.03. The van der Waals surface area contributed by atoms with Crippen LogP contribution >= 0.6 is 23.5 Å². The normalized spacial score (nSPS) is 16.9. The summed E-state index contributed by atoms with van der Waals surface area (Å²) in [5.41, 5.74) is 8.01. The molecule has 2 aromatic rings. The van der Waals surface area contributed by atoms with Gasteiger partial charge >= 0.3 is 0 Å². The third kappa shape index (κ3) is 2.91. The van der Waals surface area contributed by atoms with E-state index in [2.05, 4.69) is 24.3 Å². The Kier molecular flexibility index (Phi) is 4.13. The molecule has 1 aliphatic heterocycles. The zero-order valence-corrected chi connectivity index (χ0v) is 13.0. The van der Waals surface area contributed by atoms with Gasteiger partial charge in [0, 0.05) is 32.5 Å². The lowest BCUT2D eigenvalue weighted by atomic mass is 10.1. The van der Waals surface area contributed by atoms with Crippen molar-refractivity contribution in [3.63, 3.8) is 0 Å². The first-order valence-electron chi connectivity index (χ1n) is 6.57. The number of hydrogen-bond donors (Lipinski definition) is 1. The van der Waals surface area contributed by atoms with Crippen LogP contribution in [0, 0.1) is 0 Å². The van der Waals surface area contributed by atoms with Crippen LogP contribution < -0.4 is 10.5 Å². The molecular weight excluding hydrogens is 286 g/mol. The van der Waals surface area contributed by atoms with Crippen molar-refractivity contribution in [2.75, 3.05) is 18.6 Å². The monoisotopic (exact) mass is 303 g/mol. The predicted molar refractivity (Wildman–Crippen MR) is 87.9 cm³/mol. The second-order valence-electron chi connectivity index (χ2n) is 4.77. The number of rotatable bonds is 4. The summed E-state index contributed by atoms with van der Waals surface area (Å²) in [6, 6.07) is 14.6. The maximum Gasteiger partial charge on any atom is 0.134 e. The quantitative estimate of drug-likeness (QED) is 0.681. The van der Waals surface area contributed by atoms with Crippen LogP contribution in [-0.4, -0.2) is 18.1 Å². The molecule has 0 amide bonds.